The summed E-state index contributed by atoms with van der Waals surface area (Å²) in [5.74, 6) is -0.307. The van der Waals surface area contributed by atoms with Gasteiger partial charge in [0.2, 0.25) is 0 Å². The van der Waals surface area contributed by atoms with Gasteiger partial charge in [0, 0.05) is 6.61 Å². The van der Waals surface area contributed by atoms with Crippen LogP contribution in [0.2, 0.25) is 0 Å². The molecule has 1 N–H and O–H groups in total. The molecule has 0 aliphatic heterocycles. The Bertz CT molecular complexity index is 279. The zero-order chi connectivity index (χ0) is 12.1. The van der Waals surface area contributed by atoms with E-state index in [0.717, 1.165) is 3.94 Å². The summed E-state index contributed by atoms with van der Waals surface area (Å²) in [6.07, 6.45) is 0.236. The largest absolute Gasteiger partial charge is 0.379 e. The number of nitrogens with zero attached hydrogens (tertiary/aromatic N) is 1. The molecular weight excluding hydrogens is 265 g/mol. The second-order valence-electron chi connectivity index (χ2n) is 3.74. The van der Waals surface area contributed by atoms with Crippen molar-refractivity contribution < 1.29 is 17.7 Å². The van der Waals surface area contributed by atoms with Crippen LogP contribution in [0.4, 0.5) is 0 Å². The van der Waals surface area contributed by atoms with Crippen LogP contribution in [-0.2, 0) is 14.9 Å². The second-order valence-corrected chi connectivity index (χ2v) is 6.16. The minimum absolute atomic E-state index is 0.227. The van der Waals surface area contributed by atoms with E-state index in [1.807, 2.05) is 0 Å². The number of halogens is 2. The highest BCUT2D eigenvalue weighted by Crippen LogP contribution is 2.19. The molecule has 0 aliphatic carbocycles. The van der Waals surface area contributed by atoms with Gasteiger partial charge in [-0.2, -0.15) is 8.42 Å². The molecule has 0 aromatic carbocycles. The highest BCUT2D eigenvalue weighted by Gasteiger charge is 2.24. The quantitative estimate of drug-likeness (QED) is 0.436. The van der Waals surface area contributed by atoms with Gasteiger partial charge < -0.3 is 4.74 Å². The van der Waals surface area contributed by atoms with Gasteiger partial charge in [0.15, 0.2) is 0 Å². The van der Waals surface area contributed by atoms with Crippen molar-refractivity contribution >= 4 is 33.7 Å². The molecule has 0 spiro atoms. The maximum Gasteiger partial charge on any atom is 0.264 e. The van der Waals surface area contributed by atoms with E-state index in [9.17, 15) is 8.42 Å². The second kappa shape index (κ2) is 6.22. The van der Waals surface area contributed by atoms with Crippen molar-refractivity contribution in [3.8, 4) is 0 Å². The van der Waals surface area contributed by atoms with Crippen LogP contribution in [0.5, 0.6) is 0 Å². The lowest BCUT2D eigenvalue weighted by Gasteiger charge is -2.26. The fourth-order valence-corrected chi connectivity index (χ4v) is 1.29. The monoisotopic (exact) mass is 279 g/mol. The van der Waals surface area contributed by atoms with Crippen LogP contribution in [0.3, 0.4) is 0 Å². The highest BCUT2D eigenvalue weighted by molar-refractivity contribution is 7.85. The third-order valence-electron chi connectivity index (χ3n) is 1.60. The van der Waals surface area contributed by atoms with Crippen LogP contribution in [0, 0.1) is 0 Å². The molecule has 0 heterocycles. The van der Waals surface area contributed by atoms with Gasteiger partial charge in [-0.15, -0.1) is 3.94 Å². The number of hydrogen-bond donors (Lipinski definition) is 1. The first kappa shape index (κ1) is 15.4. The molecule has 0 saturated carbocycles. The lowest BCUT2D eigenvalue weighted by atomic mass is 10.1. The normalized spacial score (nSPS) is 13.5. The van der Waals surface area contributed by atoms with Gasteiger partial charge in [0.25, 0.3) is 10.1 Å². The average molecular weight is 280 g/mol. The van der Waals surface area contributed by atoms with Gasteiger partial charge in [0.1, 0.15) is 0 Å². The van der Waals surface area contributed by atoms with E-state index in [2.05, 4.69) is 0 Å². The third-order valence-corrected chi connectivity index (χ3v) is 3.32. The van der Waals surface area contributed by atoms with E-state index in [1.54, 1.807) is 13.8 Å². The lowest BCUT2D eigenvalue weighted by molar-refractivity contribution is 0.0726. The SMILES string of the molecule is CC(C)(COCCCS(=O)(=O)O)N(Cl)Cl. The van der Waals surface area contributed by atoms with Crippen molar-refractivity contribution in [3.05, 3.63) is 0 Å². The molecule has 0 atom stereocenters. The number of ether oxygens (including phenoxy) is 1. The average Bonchev–Trinajstić information content (AvgIpc) is 2.00. The molecule has 0 aromatic heterocycles. The summed E-state index contributed by atoms with van der Waals surface area (Å²) < 4.78 is 35.3. The van der Waals surface area contributed by atoms with Gasteiger partial charge >= 0.3 is 0 Å². The standard InChI is InChI=1S/C7H15Cl2NO4S/c1-7(2,10(8)9)6-14-4-3-5-15(11,12)13/h3-6H2,1-2H3,(H,11,12,13). The number of hydrogen-bond acceptors (Lipinski definition) is 4. The Hall–Kier alpha value is 0.410. The minimum atomic E-state index is -3.90. The zero-order valence-electron chi connectivity index (χ0n) is 8.61. The van der Waals surface area contributed by atoms with E-state index < -0.39 is 15.7 Å². The summed E-state index contributed by atoms with van der Waals surface area (Å²) in [7, 11) is -3.90. The third kappa shape index (κ3) is 8.24. The van der Waals surface area contributed by atoms with Crippen LogP contribution in [0.25, 0.3) is 0 Å². The van der Waals surface area contributed by atoms with Gasteiger partial charge in [-0.1, -0.05) is 0 Å². The van der Waals surface area contributed by atoms with Crippen LogP contribution < -0.4 is 0 Å². The van der Waals surface area contributed by atoms with E-state index in [-0.39, 0.29) is 25.4 Å². The predicted octanol–water partition coefficient (Wildman–Crippen LogP) is 1.67. The summed E-state index contributed by atoms with van der Waals surface area (Å²) in [4.78, 5) is 0. The maximum atomic E-state index is 10.3. The Balaban J connectivity index is 3.64. The summed E-state index contributed by atoms with van der Waals surface area (Å²) in [6, 6.07) is 0. The molecule has 0 rings (SSSR count). The minimum Gasteiger partial charge on any atom is -0.379 e. The Morgan fingerprint density at radius 2 is 1.93 bits per heavy atom. The van der Waals surface area contributed by atoms with Crippen molar-refractivity contribution in [2.75, 3.05) is 19.0 Å². The smallest absolute Gasteiger partial charge is 0.264 e. The maximum absolute atomic E-state index is 10.3. The van der Waals surface area contributed by atoms with Crippen LogP contribution in [0.15, 0.2) is 0 Å². The molecule has 0 bridgehead atoms. The first-order valence-corrected chi connectivity index (χ1v) is 6.58. The first-order valence-electron chi connectivity index (χ1n) is 4.30. The van der Waals surface area contributed by atoms with Crippen molar-refractivity contribution in [2.45, 2.75) is 25.8 Å². The molecule has 0 aliphatic rings. The Labute approximate surface area is 100 Å². The Morgan fingerprint density at radius 1 is 1.40 bits per heavy atom. The van der Waals surface area contributed by atoms with Crippen molar-refractivity contribution in [1.82, 2.24) is 3.94 Å². The summed E-state index contributed by atoms with van der Waals surface area (Å²) in [5.41, 5.74) is -0.540. The molecule has 0 saturated heterocycles. The molecule has 92 valence electrons. The van der Waals surface area contributed by atoms with Gasteiger partial charge in [0.05, 0.1) is 17.9 Å². The Kier molecular flexibility index (Phi) is 6.39. The van der Waals surface area contributed by atoms with E-state index in [1.165, 1.54) is 0 Å². The van der Waals surface area contributed by atoms with E-state index in [0.29, 0.717) is 0 Å². The summed E-state index contributed by atoms with van der Waals surface area (Å²) in [5, 5.41) is 0. The fourth-order valence-electron chi connectivity index (χ4n) is 0.714. The zero-order valence-corrected chi connectivity index (χ0v) is 10.9. The van der Waals surface area contributed by atoms with Crippen molar-refractivity contribution in [3.63, 3.8) is 0 Å². The summed E-state index contributed by atoms with van der Waals surface area (Å²) >= 11 is 11.1. The van der Waals surface area contributed by atoms with Gasteiger partial charge in [-0.25, -0.2) is 0 Å². The van der Waals surface area contributed by atoms with Crippen molar-refractivity contribution in [2.24, 2.45) is 0 Å². The predicted molar refractivity (Wildman–Crippen MR) is 59.5 cm³/mol. The van der Waals surface area contributed by atoms with Crippen LogP contribution >= 0.6 is 23.6 Å². The molecule has 0 radical (unpaired) electrons. The molecule has 5 nitrogen and oxygen atoms in total. The number of rotatable bonds is 7. The molecule has 15 heavy (non-hydrogen) atoms. The topological polar surface area (TPSA) is 66.8 Å². The molecule has 0 aromatic rings. The van der Waals surface area contributed by atoms with E-state index in [4.69, 9.17) is 32.8 Å². The van der Waals surface area contributed by atoms with Crippen molar-refractivity contribution in [1.29, 1.82) is 0 Å². The molecule has 0 unspecified atom stereocenters. The molecule has 8 heteroatoms. The lowest BCUT2D eigenvalue weighted by Crippen LogP contribution is -2.36. The first-order chi connectivity index (χ1) is 6.65. The molecule has 0 amide bonds. The van der Waals surface area contributed by atoms with Gasteiger partial charge in [-0.05, 0) is 43.8 Å². The van der Waals surface area contributed by atoms with E-state index >= 15 is 0 Å². The van der Waals surface area contributed by atoms with Crippen LogP contribution in [-0.4, -0.2) is 41.4 Å². The summed E-state index contributed by atoms with van der Waals surface area (Å²) in [6.45, 7) is 4.04. The molecule has 0 fully saturated rings. The fraction of sp³-hybridized carbons (Fsp3) is 1.00. The highest BCUT2D eigenvalue weighted by atomic mass is 35.5. The Morgan fingerprint density at radius 3 is 2.33 bits per heavy atom. The van der Waals surface area contributed by atoms with Crippen LogP contribution in [0.1, 0.15) is 20.3 Å². The van der Waals surface area contributed by atoms with Gasteiger partial charge in [-0.3, -0.25) is 4.55 Å². The molecular formula is C7H15Cl2NO4S.